The monoisotopic (exact) mass is 279 g/mol. The van der Waals surface area contributed by atoms with Crippen LogP contribution in [0.15, 0.2) is 30.3 Å². The minimum absolute atomic E-state index is 0.0308. The maximum absolute atomic E-state index is 11.4. The van der Waals surface area contributed by atoms with Crippen LogP contribution >= 0.6 is 0 Å². The normalized spacial score (nSPS) is 31.8. The van der Waals surface area contributed by atoms with E-state index in [4.69, 9.17) is 9.47 Å². The molecule has 0 spiro atoms. The Balaban J connectivity index is 1.81. The molecule has 0 N–H and O–H groups in total. The van der Waals surface area contributed by atoms with Gasteiger partial charge in [0.25, 0.3) is 5.69 Å². The van der Waals surface area contributed by atoms with E-state index in [-0.39, 0.29) is 35.0 Å². The number of nitrogens with zero attached hydrogens (tertiary/aromatic N) is 1. The fraction of sp³-hybridized carbons (Fsp3) is 0.250. The van der Waals surface area contributed by atoms with Crippen molar-refractivity contribution in [3.05, 3.63) is 62.7 Å². The van der Waals surface area contributed by atoms with Crippen LogP contribution in [0.2, 0.25) is 0 Å². The lowest BCUT2D eigenvalue weighted by Gasteiger charge is -2.24. The minimum Gasteiger partial charge on any atom is -0.359 e. The number of epoxide rings is 2. The molecule has 0 amide bonds. The van der Waals surface area contributed by atoms with Crippen molar-refractivity contribution < 1.29 is 14.4 Å². The molecule has 2 fully saturated rings. The van der Waals surface area contributed by atoms with Crippen LogP contribution in [0.1, 0.15) is 46.7 Å². The summed E-state index contributed by atoms with van der Waals surface area (Å²) in [5.74, 6) is 0. The Morgan fingerprint density at radius 2 is 1.48 bits per heavy atom. The number of fused-ring (bicyclic) bond motifs is 6. The smallest absolute Gasteiger partial charge is 0.275 e. The van der Waals surface area contributed by atoms with Gasteiger partial charge in [-0.05, 0) is 28.3 Å². The van der Waals surface area contributed by atoms with Crippen molar-refractivity contribution in [2.45, 2.75) is 24.4 Å². The Kier molecular flexibility index (Phi) is 1.50. The van der Waals surface area contributed by atoms with Crippen molar-refractivity contribution in [1.29, 1.82) is 0 Å². The molecule has 21 heavy (non-hydrogen) atoms. The van der Waals surface area contributed by atoms with Gasteiger partial charge < -0.3 is 9.47 Å². The second-order valence-corrected chi connectivity index (χ2v) is 5.99. The van der Waals surface area contributed by atoms with Crippen LogP contribution in [0.4, 0.5) is 5.69 Å². The summed E-state index contributed by atoms with van der Waals surface area (Å²) >= 11 is 0. The quantitative estimate of drug-likeness (QED) is 0.455. The van der Waals surface area contributed by atoms with Gasteiger partial charge in [-0.15, -0.1) is 0 Å². The second kappa shape index (κ2) is 3.00. The summed E-state index contributed by atoms with van der Waals surface area (Å²) in [6, 6.07) is 9.61. The summed E-state index contributed by atoms with van der Waals surface area (Å²) in [7, 11) is 0. The molecule has 0 bridgehead atoms. The van der Waals surface area contributed by atoms with Crippen LogP contribution in [-0.2, 0) is 9.47 Å². The van der Waals surface area contributed by atoms with E-state index >= 15 is 0 Å². The topological polar surface area (TPSA) is 68.2 Å². The molecule has 0 unspecified atom stereocenters. The van der Waals surface area contributed by atoms with Gasteiger partial charge in [0, 0.05) is 11.6 Å². The van der Waals surface area contributed by atoms with Gasteiger partial charge in [0.2, 0.25) is 0 Å². The molecule has 2 aromatic carbocycles. The SMILES string of the molecule is O=[N+]([O-])c1ccc2c3c1[C@H]1O[C@H]1c1cccc(c1-3)[C@H]1O[C@@H]21. The Morgan fingerprint density at radius 3 is 2.19 bits per heavy atom. The molecular weight excluding hydrogens is 270 g/mol. The van der Waals surface area contributed by atoms with Gasteiger partial charge in [0.1, 0.15) is 24.4 Å². The Hall–Kier alpha value is -2.24. The van der Waals surface area contributed by atoms with Gasteiger partial charge in [-0.2, -0.15) is 0 Å². The van der Waals surface area contributed by atoms with Crippen LogP contribution in [-0.4, -0.2) is 4.92 Å². The van der Waals surface area contributed by atoms with Crippen molar-refractivity contribution in [3.63, 3.8) is 0 Å². The highest BCUT2D eigenvalue weighted by molar-refractivity contribution is 5.87. The first-order chi connectivity index (χ1) is 10.3. The highest BCUT2D eigenvalue weighted by Crippen LogP contribution is 2.69. The van der Waals surface area contributed by atoms with E-state index in [1.165, 1.54) is 0 Å². The zero-order valence-corrected chi connectivity index (χ0v) is 10.8. The predicted molar refractivity (Wildman–Crippen MR) is 71.7 cm³/mol. The molecule has 6 rings (SSSR count). The van der Waals surface area contributed by atoms with Crippen LogP contribution in [0.25, 0.3) is 11.1 Å². The average molecular weight is 279 g/mol. The van der Waals surface area contributed by atoms with Crippen molar-refractivity contribution in [1.82, 2.24) is 0 Å². The number of hydrogen-bond donors (Lipinski definition) is 0. The fourth-order valence-electron chi connectivity index (χ4n) is 4.09. The minimum atomic E-state index is -0.304. The number of ether oxygens (including phenoxy) is 2. The average Bonchev–Trinajstić information content (AvgIpc) is 3.36. The molecule has 2 aromatic rings. The molecular formula is C16H9NO4. The number of rotatable bonds is 1. The standard InChI is InChI=1S/C16H9NO4/c18-17(19)9-5-4-8-11-10-6(13-14(8)20-13)2-1-3-7(10)15-16(21-15)12(9)11/h1-5,13-16H/t13-,14+,15+,16-/m1/s1. The highest BCUT2D eigenvalue weighted by atomic mass is 16.6. The van der Waals surface area contributed by atoms with E-state index in [0.717, 1.165) is 33.4 Å². The van der Waals surface area contributed by atoms with E-state index in [9.17, 15) is 10.1 Å². The van der Waals surface area contributed by atoms with Gasteiger partial charge >= 0.3 is 0 Å². The molecule has 5 nitrogen and oxygen atoms in total. The third kappa shape index (κ3) is 1.05. The Labute approximate surface area is 119 Å². The van der Waals surface area contributed by atoms with E-state index < -0.39 is 0 Å². The number of benzene rings is 2. The molecule has 5 heteroatoms. The van der Waals surface area contributed by atoms with Gasteiger partial charge in [0.05, 0.1) is 10.5 Å². The predicted octanol–water partition coefficient (Wildman–Crippen LogP) is 3.51. The van der Waals surface area contributed by atoms with E-state index in [1.54, 1.807) is 6.07 Å². The molecule has 4 aliphatic rings. The molecule has 2 saturated heterocycles. The van der Waals surface area contributed by atoms with Crippen molar-refractivity contribution in [2.24, 2.45) is 0 Å². The molecule has 4 atom stereocenters. The molecule has 0 radical (unpaired) electrons. The van der Waals surface area contributed by atoms with E-state index in [1.807, 2.05) is 12.1 Å². The third-order valence-corrected chi connectivity index (χ3v) is 5.02. The maximum atomic E-state index is 11.4. The maximum Gasteiger partial charge on any atom is 0.275 e. The van der Waals surface area contributed by atoms with Crippen LogP contribution < -0.4 is 0 Å². The summed E-state index contributed by atoms with van der Waals surface area (Å²) in [6.45, 7) is 0. The molecule has 0 aromatic heterocycles. The lowest BCUT2D eigenvalue weighted by atomic mass is 9.75. The summed E-state index contributed by atoms with van der Waals surface area (Å²) in [4.78, 5) is 11.1. The van der Waals surface area contributed by atoms with Crippen LogP contribution in [0.3, 0.4) is 0 Å². The van der Waals surface area contributed by atoms with Gasteiger partial charge in [-0.3, -0.25) is 10.1 Å². The van der Waals surface area contributed by atoms with Crippen molar-refractivity contribution >= 4 is 5.69 Å². The van der Waals surface area contributed by atoms with Gasteiger partial charge in [-0.25, -0.2) is 0 Å². The fourth-order valence-corrected chi connectivity index (χ4v) is 4.09. The number of hydrogen-bond acceptors (Lipinski definition) is 4. The summed E-state index contributed by atoms with van der Waals surface area (Å²) in [5, 5.41) is 11.4. The molecule has 2 aliphatic carbocycles. The largest absolute Gasteiger partial charge is 0.359 e. The highest BCUT2D eigenvalue weighted by Gasteiger charge is 2.57. The van der Waals surface area contributed by atoms with Crippen LogP contribution in [0.5, 0.6) is 0 Å². The first-order valence-corrected chi connectivity index (χ1v) is 7.01. The lowest BCUT2D eigenvalue weighted by Crippen LogP contribution is -2.11. The summed E-state index contributed by atoms with van der Waals surface area (Å²) in [5.41, 5.74) is 6.41. The lowest BCUT2D eigenvalue weighted by molar-refractivity contribution is -0.385. The molecule has 0 saturated carbocycles. The first kappa shape index (κ1) is 10.5. The Morgan fingerprint density at radius 1 is 0.857 bits per heavy atom. The van der Waals surface area contributed by atoms with Crippen molar-refractivity contribution in [2.75, 3.05) is 0 Å². The molecule has 2 aliphatic heterocycles. The van der Waals surface area contributed by atoms with Gasteiger partial charge in [-0.1, -0.05) is 18.2 Å². The van der Waals surface area contributed by atoms with Gasteiger partial charge in [0.15, 0.2) is 0 Å². The van der Waals surface area contributed by atoms with Crippen molar-refractivity contribution in [3.8, 4) is 11.1 Å². The summed E-state index contributed by atoms with van der Waals surface area (Å²) < 4.78 is 11.6. The first-order valence-electron chi connectivity index (χ1n) is 7.01. The van der Waals surface area contributed by atoms with Crippen LogP contribution in [0, 0.1) is 10.1 Å². The number of nitro groups is 1. The third-order valence-electron chi connectivity index (χ3n) is 5.02. The molecule has 102 valence electrons. The van der Waals surface area contributed by atoms with E-state index in [2.05, 4.69) is 12.1 Å². The zero-order valence-electron chi connectivity index (χ0n) is 10.8. The van der Waals surface area contributed by atoms with E-state index in [0.29, 0.717) is 0 Å². The number of nitro benzene ring substituents is 1. The summed E-state index contributed by atoms with van der Waals surface area (Å²) in [6.07, 6.45) is -0.0373. The zero-order chi connectivity index (χ0) is 13.9. The second-order valence-electron chi connectivity index (χ2n) is 5.99. The Bertz CT molecular complexity index is 861. The molecule has 2 heterocycles.